The fourth-order valence-corrected chi connectivity index (χ4v) is 2.40. The molecule has 0 aliphatic rings. The van der Waals surface area contributed by atoms with E-state index in [0.717, 1.165) is 11.2 Å². The number of pyridine rings is 1. The molecular formula is C24H39NO3. The Hall–Kier alpha value is -1.94. The molecule has 0 radical (unpaired) electrons. The predicted octanol–water partition coefficient (Wildman–Crippen LogP) is 5.79. The Bertz CT molecular complexity index is 747. The summed E-state index contributed by atoms with van der Waals surface area (Å²) in [7, 11) is 0. The second-order valence-electron chi connectivity index (χ2n) is 8.62. The van der Waals surface area contributed by atoms with Crippen molar-refractivity contribution in [1.29, 1.82) is 0 Å². The first-order valence-electron chi connectivity index (χ1n) is 10.0. The zero-order chi connectivity index (χ0) is 22.1. The van der Waals surface area contributed by atoms with Gasteiger partial charge in [0.2, 0.25) is 0 Å². The monoisotopic (exact) mass is 389 g/mol. The van der Waals surface area contributed by atoms with E-state index < -0.39 is 11.0 Å². The van der Waals surface area contributed by atoms with Crippen LogP contribution in [0.15, 0.2) is 24.3 Å². The minimum Gasteiger partial charge on any atom is -0.465 e. The normalized spacial score (nSPS) is 11.1. The number of aliphatic hydroxyl groups is 1. The number of rotatable bonds is 3. The first-order chi connectivity index (χ1) is 12.8. The highest BCUT2D eigenvalue weighted by Crippen LogP contribution is 2.23. The SMILES string of the molecule is CC.CC(C)(C)O.Cc1nc2ccccc2c(C)c1CCOC(=O)C(C)(C)C. The minimum absolute atomic E-state index is 0.161. The number of nitrogens with zero attached hydrogens (tertiary/aromatic N) is 1. The lowest BCUT2D eigenvalue weighted by Gasteiger charge is -2.17. The van der Waals surface area contributed by atoms with Gasteiger partial charge in [-0.05, 0) is 72.6 Å². The van der Waals surface area contributed by atoms with E-state index in [1.165, 1.54) is 16.5 Å². The molecule has 0 aliphatic heterocycles. The molecule has 28 heavy (non-hydrogen) atoms. The van der Waals surface area contributed by atoms with E-state index in [1.54, 1.807) is 20.8 Å². The molecule has 0 spiro atoms. The molecule has 0 atom stereocenters. The Morgan fingerprint density at radius 1 is 1.04 bits per heavy atom. The molecule has 0 unspecified atom stereocenters. The van der Waals surface area contributed by atoms with Gasteiger partial charge in [0.25, 0.3) is 0 Å². The highest BCUT2D eigenvalue weighted by molar-refractivity contribution is 5.83. The van der Waals surface area contributed by atoms with Crippen molar-refractivity contribution >= 4 is 16.9 Å². The average molecular weight is 390 g/mol. The van der Waals surface area contributed by atoms with Crippen molar-refractivity contribution in [3.63, 3.8) is 0 Å². The van der Waals surface area contributed by atoms with Gasteiger partial charge in [-0.1, -0.05) is 32.0 Å². The maximum absolute atomic E-state index is 11.8. The van der Waals surface area contributed by atoms with Gasteiger partial charge in [-0.3, -0.25) is 9.78 Å². The van der Waals surface area contributed by atoms with Gasteiger partial charge in [0.1, 0.15) is 0 Å². The third-order valence-electron chi connectivity index (χ3n) is 3.68. The zero-order valence-electron chi connectivity index (χ0n) is 19.4. The summed E-state index contributed by atoms with van der Waals surface area (Å²) in [4.78, 5) is 16.4. The Kier molecular flexibility index (Phi) is 10.4. The number of carbonyl (C=O) groups is 1. The third-order valence-corrected chi connectivity index (χ3v) is 3.68. The van der Waals surface area contributed by atoms with Crippen LogP contribution in [0.5, 0.6) is 0 Å². The molecule has 1 aromatic heterocycles. The molecule has 0 fully saturated rings. The van der Waals surface area contributed by atoms with Crippen LogP contribution in [0, 0.1) is 19.3 Å². The fraction of sp³-hybridized carbons (Fsp3) is 0.583. The van der Waals surface area contributed by atoms with Crippen molar-refractivity contribution in [2.45, 2.75) is 81.3 Å². The molecule has 2 aromatic rings. The predicted molar refractivity (Wildman–Crippen MR) is 119 cm³/mol. The highest BCUT2D eigenvalue weighted by atomic mass is 16.5. The van der Waals surface area contributed by atoms with Crippen LogP contribution < -0.4 is 0 Å². The summed E-state index contributed by atoms with van der Waals surface area (Å²) in [5, 5.41) is 9.69. The van der Waals surface area contributed by atoms with E-state index in [4.69, 9.17) is 9.84 Å². The molecule has 1 N–H and O–H groups in total. The van der Waals surface area contributed by atoms with Crippen molar-refractivity contribution in [1.82, 2.24) is 4.98 Å². The van der Waals surface area contributed by atoms with E-state index in [0.29, 0.717) is 13.0 Å². The van der Waals surface area contributed by atoms with Crippen LogP contribution in [0.3, 0.4) is 0 Å². The zero-order valence-corrected chi connectivity index (χ0v) is 19.4. The Balaban J connectivity index is 0.000000906. The maximum Gasteiger partial charge on any atom is 0.311 e. The van der Waals surface area contributed by atoms with E-state index in [-0.39, 0.29) is 5.97 Å². The lowest BCUT2D eigenvalue weighted by Crippen LogP contribution is -2.24. The Morgan fingerprint density at radius 2 is 1.54 bits per heavy atom. The van der Waals surface area contributed by atoms with Crippen molar-refractivity contribution < 1.29 is 14.6 Å². The number of aromatic nitrogens is 1. The number of hydrogen-bond acceptors (Lipinski definition) is 4. The van der Waals surface area contributed by atoms with Gasteiger partial charge in [-0.25, -0.2) is 0 Å². The highest BCUT2D eigenvalue weighted by Gasteiger charge is 2.23. The molecule has 2 rings (SSSR count). The van der Waals surface area contributed by atoms with Crippen molar-refractivity contribution in [3.05, 3.63) is 41.1 Å². The largest absolute Gasteiger partial charge is 0.465 e. The smallest absolute Gasteiger partial charge is 0.311 e. The molecule has 0 saturated heterocycles. The van der Waals surface area contributed by atoms with Crippen LogP contribution in [0.25, 0.3) is 10.9 Å². The molecule has 0 saturated carbocycles. The minimum atomic E-state index is -0.500. The molecule has 0 aliphatic carbocycles. The van der Waals surface area contributed by atoms with E-state index >= 15 is 0 Å². The number of benzene rings is 1. The molecule has 0 bridgehead atoms. The van der Waals surface area contributed by atoms with Gasteiger partial charge in [0.15, 0.2) is 0 Å². The second kappa shape index (κ2) is 11.2. The Labute approximate surface area is 171 Å². The summed E-state index contributed by atoms with van der Waals surface area (Å²) < 4.78 is 5.37. The lowest BCUT2D eigenvalue weighted by atomic mass is 9.97. The van der Waals surface area contributed by atoms with E-state index in [1.807, 2.05) is 59.7 Å². The summed E-state index contributed by atoms with van der Waals surface area (Å²) in [6.45, 7) is 19.3. The lowest BCUT2D eigenvalue weighted by molar-refractivity contribution is -0.152. The number of fused-ring (bicyclic) bond motifs is 1. The second-order valence-corrected chi connectivity index (χ2v) is 8.62. The van der Waals surface area contributed by atoms with Crippen LogP contribution in [0.4, 0.5) is 0 Å². The van der Waals surface area contributed by atoms with Crippen molar-refractivity contribution in [3.8, 4) is 0 Å². The standard InChI is InChI=1S/C18H23NO2.C4H10O.C2H6/c1-12-14(10-11-21-17(20)18(3,4)5)13(2)19-16-9-7-6-8-15(12)16;1-4(2,3)5;1-2/h6-9H,10-11H2,1-5H3;5H,1-3H3;1-2H3. The van der Waals surface area contributed by atoms with Gasteiger partial charge < -0.3 is 9.84 Å². The number of para-hydroxylation sites is 1. The topological polar surface area (TPSA) is 59.4 Å². The van der Waals surface area contributed by atoms with Crippen molar-refractivity contribution in [2.24, 2.45) is 5.41 Å². The van der Waals surface area contributed by atoms with Crippen LogP contribution in [0.2, 0.25) is 0 Å². The molecule has 0 amide bonds. The Morgan fingerprint density at radius 3 is 2.04 bits per heavy atom. The average Bonchev–Trinajstić information content (AvgIpc) is 2.57. The fourth-order valence-electron chi connectivity index (χ4n) is 2.40. The first kappa shape index (κ1) is 26.1. The van der Waals surface area contributed by atoms with Crippen LogP contribution in [-0.4, -0.2) is 28.3 Å². The summed E-state index contributed by atoms with van der Waals surface area (Å²) >= 11 is 0. The molecule has 1 aromatic carbocycles. The van der Waals surface area contributed by atoms with Crippen LogP contribution >= 0.6 is 0 Å². The first-order valence-corrected chi connectivity index (χ1v) is 10.0. The third kappa shape index (κ3) is 9.32. The maximum atomic E-state index is 11.8. The number of carbonyl (C=O) groups excluding carboxylic acids is 1. The van der Waals surface area contributed by atoms with Gasteiger partial charge in [0, 0.05) is 17.5 Å². The van der Waals surface area contributed by atoms with Gasteiger partial charge in [-0.15, -0.1) is 0 Å². The quantitative estimate of drug-likeness (QED) is 0.675. The van der Waals surface area contributed by atoms with E-state index in [9.17, 15) is 4.79 Å². The summed E-state index contributed by atoms with van der Waals surface area (Å²) in [6.07, 6.45) is 0.706. The summed E-state index contributed by atoms with van der Waals surface area (Å²) in [5.41, 5.74) is 3.48. The summed E-state index contributed by atoms with van der Waals surface area (Å²) in [6, 6.07) is 8.13. The number of aryl methyl sites for hydroxylation is 2. The van der Waals surface area contributed by atoms with Crippen molar-refractivity contribution in [2.75, 3.05) is 6.61 Å². The number of esters is 1. The molecular weight excluding hydrogens is 350 g/mol. The van der Waals surface area contributed by atoms with Gasteiger partial charge in [-0.2, -0.15) is 0 Å². The molecule has 158 valence electrons. The summed E-state index contributed by atoms with van der Waals surface area (Å²) in [5.74, 6) is -0.161. The molecule has 4 nitrogen and oxygen atoms in total. The number of ether oxygens (including phenoxy) is 1. The molecule has 4 heteroatoms. The number of hydrogen-bond donors (Lipinski definition) is 1. The van der Waals surface area contributed by atoms with E-state index in [2.05, 4.69) is 18.0 Å². The van der Waals surface area contributed by atoms with Crippen LogP contribution in [-0.2, 0) is 16.0 Å². The molecule has 1 heterocycles. The van der Waals surface area contributed by atoms with Gasteiger partial charge in [0.05, 0.1) is 23.1 Å². The van der Waals surface area contributed by atoms with Gasteiger partial charge >= 0.3 is 5.97 Å². The van der Waals surface area contributed by atoms with Crippen LogP contribution in [0.1, 0.15) is 72.2 Å².